The minimum atomic E-state index is -0.302. The molecule has 1 saturated heterocycles. The van der Waals surface area contributed by atoms with E-state index in [0.717, 1.165) is 48.8 Å². The number of benzene rings is 1. The highest BCUT2D eigenvalue weighted by molar-refractivity contribution is 5.87. The van der Waals surface area contributed by atoms with Gasteiger partial charge in [-0.1, -0.05) is 32.9 Å². The molecule has 3 aromatic rings. The first-order valence-corrected chi connectivity index (χ1v) is 10.9. The Labute approximate surface area is 188 Å². The lowest BCUT2D eigenvalue weighted by Gasteiger charge is -2.34. The first-order valence-electron chi connectivity index (χ1n) is 10.9. The first-order chi connectivity index (χ1) is 15.1. The number of rotatable bonds is 5. The lowest BCUT2D eigenvalue weighted by Crippen LogP contribution is -2.49. The number of piperazine rings is 1. The van der Waals surface area contributed by atoms with Gasteiger partial charge in [-0.15, -0.1) is 0 Å². The van der Waals surface area contributed by atoms with Gasteiger partial charge in [0.25, 0.3) is 0 Å². The molecule has 2 aromatic heterocycles. The SMILES string of the molecule is Cc1ccc(C(C)(C)C)cc1Nc1nc(N2CCN(CC(N)=O)CC2)nc2ncn(C)c12. The number of amides is 1. The van der Waals surface area contributed by atoms with E-state index in [0.29, 0.717) is 11.6 Å². The highest BCUT2D eigenvalue weighted by Gasteiger charge is 2.23. The number of anilines is 3. The Morgan fingerprint density at radius 2 is 1.88 bits per heavy atom. The third kappa shape index (κ3) is 4.52. The fourth-order valence-electron chi connectivity index (χ4n) is 3.95. The lowest BCUT2D eigenvalue weighted by atomic mass is 9.86. The summed E-state index contributed by atoms with van der Waals surface area (Å²) in [5.41, 5.74) is 10.3. The van der Waals surface area contributed by atoms with Crippen LogP contribution in [0.3, 0.4) is 0 Å². The molecule has 0 unspecified atom stereocenters. The minimum absolute atomic E-state index is 0.0490. The molecule has 1 aliphatic rings. The second kappa shape index (κ2) is 8.38. The minimum Gasteiger partial charge on any atom is -0.369 e. The number of fused-ring (bicyclic) bond motifs is 1. The summed E-state index contributed by atoms with van der Waals surface area (Å²) in [6.07, 6.45) is 1.76. The maximum atomic E-state index is 11.2. The summed E-state index contributed by atoms with van der Waals surface area (Å²) in [4.78, 5) is 29.5. The Balaban J connectivity index is 1.67. The van der Waals surface area contributed by atoms with Gasteiger partial charge < -0.3 is 20.5 Å². The maximum Gasteiger partial charge on any atom is 0.231 e. The molecule has 0 spiro atoms. The van der Waals surface area contributed by atoms with Crippen LogP contribution in [0.25, 0.3) is 11.2 Å². The van der Waals surface area contributed by atoms with Gasteiger partial charge in [0.05, 0.1) is 12.9 Å². The van der Waals surface area contributed by atoms with Crippen molar-refractivity contribution in [3.8, 4) is 0 Å². The number of nitrogens with zero attached hydrogens (tertiary/aromatic N) is 6. The molecule has 9 nitrogen and oxygen atoms in total. The number of carbonyl (C=O) groups excluding carboxylic acids is 1. The van der Waals surface area contributed by atoms with Crippen LogP contribution in [0.5, 0.6) is 0 Å². The molecule has 4 rings (SSSR count). The zero-order valence-corrected chi connectivity index (χ0v) is 19.5. The van der Waals surface area contributed by atoms with Crippen LogP contribution in [-0.4, -0.2) is 63.0 Å². The van der Waals surface area contributed by atoms with Crippen molar-refractivity contribution < 1.29 is 4.79 Å². The molecule has 9 heteroatoms. The third-order valence-corrected chi connectivity index (χ3v) is 5.95. The van der Waals surface area contributed by atoms with E-state index in [1.807, 2.05) is 11.6 Å². The van der Waals surface area contributed by atoms with Gasteiger partial charge in [0.15, 0.2) is 11.5 Å². The van der Waals surface area contributed by atoms with E-state index in [4.69, 9.17) is 15.7 Å². The Morgan fingerprint density at radius 3 is 2.53 bits per heavy atom. The zero-order valence-electron chi connectivity index (χ0n) is 19.5. The monoisotopic (exact) mass is 436 g/mol. The van der Waals surface area contributed by atoms with E-state index < -0.39 is 0 Å². The van der Waals surface area contributed by atoms with Crippen molar-refractivity contribution in [2.24, 2.45) is 12.8 Å². The number of nitrogens with two attached hydrogens (primary N) is 1. The third-order valence-electron chi connectivity index (χ3n) is 5.95. The van der Waals surface area contributed by atoms with Crippen molar-refractivity contribution in [3.63, 3.8) is 0 Å². The van der Waals surface area contributed by atoms with Crippen LogP contribution in [0.1, 0.15) is 31.9 Å². The van der Waals surface area contributed by atoms with Crippen molar-refractivity contribution in [1.29, 1.82) is 0 Å². The van der Waals surface area contributed by atoms with E-state index in [9.17, 15) is 4.79 Å². The van der Waals surface area contributed by atoms with Gasteiger partial charge in [-0.05, 0) is 29.5 Å². The van der Waals surface area contributed by atoms with Crippen LogP contribution in [0.15, 0.2) is 24.5 Å². The van der Waals surface area contributed by atoms with Gasteiger partial charge in [0, 0.05) is 38.9 Å². The van der Waals surface area contributed by atoms with Crippen LogP contribution in [0.4, 0.5) is 17.5 Å². The second-order valence-corrected chi connectivity index (χ2v) is 9.53. The van der Waals surface area contributed by atoms with Crippen molar-refractivity contribution in [1.82, 2.24) is 24.4 Å². The fraction of sp³-hybridized carbons (Fsp3) is 0.478. The van der Waals surface area contributed by atoms with Gasteiger partial charge >= 0.3 is 0 Å². The molecule has 3 heterocycles. The van der Waals surface area contributed by atoms with Crippen molar-refractivity contribution >= 4 is 34.5 Å². The van der Waals surface area contributed by atoms with Crippen LogP contribution in [0, 0.1) is 6.92 Å². The highest BCUT2D eigenvalue weighted by atomic mass is 16.1. The van der Waals surface area contributed by atoms with Gasteiger partial charge in [-0.2, -0.15) is 9.97 Å². The van der Waals surface area contributed by atoms with Crippen molar-refractivity contribution in [2.45, 2.75) is 33.1 Å². The predicted octanol–water partition coefficient (Wildman–Crippen LogP) is 2.32. The summed E-state index contributed by atoms with van der Waals surface area (Å²) in [5.74, 6) is 1.07. The summed E-state index contributed by atoms with van der Waals surface area (Å²) in [5, 5.41) is 3.56. The summed E-state index contributed by atoms with van der Waals surface area (Å²) >= 11 is 0. The molecule has 0 atom stereocenters. The lowest BCUT2D eigenvalue weighted by molar-refractivity contribution is -0.119. The van der Waals surface area contributed by atoms with E-state index in [1.165, 1.54) is 5.56 Å². The number of imidazole rings is 1. The van der Waals surface area contributed by atoms with Crippen molar-refractivity contribution in [3.05, 3.63) is 35.7 Å². The van der Waals surface area contributed by atoms with Gasteiger partial charge in [-0.3, -0.25) is 9.69 Å². The Bertz CT molecular complexity index is 1140. The summed E-state index contributed by atoms with van der Waals surface area (Å²) in [6.45, 7) is 11.9. The second-order valence-electron chi connectivity index (χ2n) is 9.53. The van der Waals surface area contributed by atoms with Crippen LogP contribution in [0.2, 0.25) is 0 Å². The molecule has 1 amide bonds. The normalized spacial score (nSPS) is 15.3. The number of hydrogen-bond acceptors (Lipinski definition) is 7. The van der Waals surface area contributed by atoms with Crippen LogP contribution < -0.4 is 16.0 Å². The van der Waals surface area contributed by atoms with E-state index in [2.05, 4.69) is 66.0 Å². The van der Waals surface area contributed by atoms with Crippen LogP contribution in [-0.2, 0) is 17.3 Å². The number of nitrogens with one attached hydrogen (secondary N) is 1. The number of aryl methyl sites for hydroxylation is 2. The molecular formula is C23H32N8O. The first kappa shape index (κ1) is 22.0. The highest BCUT2D eigenvalue weighted by Crippen LogP contribution is 2.31. The summed E-state index contributed by atoms with van der Waals surface area (Å²) in [6, 6.07) is 6.52. The molecule has 1 aliphatic heterocycles. The largest absolute Gasteiger partial charge is 0.369 e. The van der Waals surface area contributed by atoms with E-state index in [-0.39, 0.29) is 17.9 Å². The molecule has 3 N–H and O–H groups in total. The number of hydrogen-bond donors (Lipinski definition) is 2. The maximum absolute atomic E-state index is 11.2. The van der Waals surface area contributed by atoms with E-state index >= 15 is 0 Å². The Kier molecular flexibility index (Phi) is 5.77. The quantitative estimate of drug-likeness (QED) is 0.632. The summed E-state index contributed by atoms with van der Waals surface area (Å²) in [7, 11) is 1.95. The molecule has 32 heavy (non-hydrogen) atoms. The molecule has 0 aliphatic carbocycles. The molecule has 0 radical (unpaired) electrons. The Morgan fingerprint density at radius 1 is 1.16 bits per heavy atom. The number of carbonyl (C=O) groups is 1. The molecule has 170 valence electrons. The standard InChI is InChI=1S/C23H32N8O/c1-15-6-7-16(23(2,3)4)12-17(15)26-21-19-20(25-14-29(19)5)27-22(28-21)31-10-8-30(9-11-31)13-18(24)32/h6-7,12,14H,8-11,13H2,1-5H3,(H2,24,32)(H,26,27,28). The van der Waals surface area contributed by atoms with Gasteiger partial charge in [-0.25, -0.2) is 4.98 Å². The van der Waals surface area contributed by atoms with Gasteiger partial charge in [0.2, 0.25) is 11.9 Å². The molecule has 1 aromatic carbocycles. The smallest absolute Gasteiger partial charge is 0.231 e. The molecule has 1 fully saturated rings. The van der Waals surface area contributed by atoms with Gasteiger partial charge in [0.1, 0.15) is 5.52 Å². The topological polar surface area (TPSA) is 105 Å². The fourth-order valence-corrected chi connectivity index (χ4v) is 3.95. The molecule has 0 bridgehead atoms. The Hall–Kier alpha value is -3.20. The average molecular weight is 437 g/mol. The average Bonchev–Trinajstić information content (AvgIpc) is 3.10. The predicted molar refractivity (Wildman–Crippen MR) is 127 cm³/mol. The molecule has 0 saturated carbocycles. The number of primary amides is 1. The zero-order chi connectivity index (χ0) is 23.0. The van der Waals surface area contributed by atoms with E-state index in [1.54, 1.807) is 6.33 Å². The summed E-state index contributed by atoms with van der Waals surface area (Å²) < 4.78 is 1.94. The van der Waals surface area contributed by atoms with Crippen molar-refractivity contribution in [2.75, 3.05) is 42.9 Å². The molecular weight excluding hydrogens is 404 g/mol. The van der Waals surface area contributed by atoms with Crippen LogP contribution >= 0.6 is 0 Å². The number of aromatic nitrogens is 4.